The van der Waals surface area contributed by atoms with Crippen LogP contribution in [0, 0.1) is 13.8 Å². The third-order valence-corrected chi connectivity index (χ3v) is 6.20. The Hall–Kier alpha value is -3.15. The number of hydrogen-bond donors (Lipinski definition) is 1. The summed E-state index contributed by atoms with van der Waals surface area (Å²) in [6.07, 6.45) is -1.32. The van der Waals surface area contributed by atoms with Gasteiger partial charge in [0.25, 0.3) is 0 Å². The van der Waals surface area contributed by atoms with Crippen molar-refractivity contribution in [1.82, 2.24) is 30.1 Å². The van der Waals surface area contributed by atoms with Crippen LogP contribution in [-0.2, 0) is 6.18 Å². The SMILES string of the molecule is Cc1nnc2sc3c(NC4CN(c5ncc(C(F)(F)F)cn5)C4)ncnc3c2c1C. The molecule has 1 aliphatic heterocycles. The first-order valence-corrected chi connectivity index (χ1v) is 9.90. The monoisotopic (exact) mass is 432 g/mol. The number of aryl methyl sites for hydroxylation is 2. The zero-order valence-electron chi connectivity index (χ0n) is 15.9. The Balaban J connectivity index is 1.35. The van der Waals surface area contributed by atoms with E-state index in [2.05, 4.69) is 35.5 Å². The lowest BCUT2D eigenvalue weighted by Crippen LogP contribution is -2.55. The van der Waals surface area contributed by atoms with Gasteiger partial charge >= 0.3 is 6.18 Å². The summed E-state index contributed by atoms with van der Waals surface area (Å²) < 4.78 is 38.9. The molecule has 0 bridgehead atoms. The van der Waals surface area contributed by atoms with Crippen LogP contribution in [0.3, 0.4) is 0 Å². The molecular formula is C18H15F3N8S. The molecule has 1 aliphatic rings. The molecule has 1 saturated heterocycles. The molecule has 0 aromatic carbocycles. The molecule has 0 saturated carbocycles. The molecule has 154 valence electrons. The van der Waals surface area contributed by atoms with Gasteiger partial charge in [-0.3, -0.25) is 0 Å². The maximum Gasteiger partial charge on any atom is 0.419 e. The van der Waals surface area contributed by atoms with Gasteiger partial charge in [-0.1, -0.05) is 0 Å². The van der Waals surface area contributed by atoms with Gasteiger partial charge in [-0.05, 0) is 19.4 Å². The standard InChI is InChI=1S/C18H15F3N8S/c1-8-9(2)27-28-16-12(8)13-14(30-16)15(25-7-24-13)26-11-5-29(6-11)17-22-3-10(4-23-17)18(19,20)21/h3-4,7,11H,5-6H2,1-2H3,(H,24,25,26). The summed E-state index contributed by atoms with van der Waals surface area (Å²) in [4.78, 5) is 19.1. The minimum Gasteiger partial charge on any atom is -0.362 e. The van der Waals surface area contributed by atoms with Crippen LogP contribution in [0.25, 0.3) is 20.4 Å². The third kappa shape index (κ3) is 3.07. The molecule has 8 nitrogen and oxygen atoms in total. The highest BCUT2D eigenvalue weighted by molar-refractivity contribution is 7.25. The van der Waals surface area contributed by atoms with Gasteiger partial charge in [-0.25, -0.2) is 19.9 Å². The van der Waals surface area contributed by atoms with Crippen molar-refractivity contribution in [3.05, 3.63) is 35.5 Å². The molecule has 0 unspecified atom stereocenters. The number of nitrogens with one attached hydrogen (secondary N) is 1. The van der Waals surface area contributed by atoms with Crippen molar-refractivity contribution in [3.63, 3.8) is 0 Å². The number of rotatable bonds is 3. The lowest BCUT2D eigenvalue weighted by molar-refractivity contribution is -0.138. The Morgan fingerprint density at radius 1 is 1.07 bits per heavy atom. The Morgan fingerprint density at radius 2 is 1.80 bits per heavy atom. The van der Waals surface area contributed by atoms with Crippen LogP contribution >= 0.6 is 11.3 Å². The van der Waals surface area contributed by atoms with Crippen LogP contribution in [0.15, 0.2) is 18.7 Å². The van der Waals surface area contributed by atoms with Crippen molar-refractivity contribution in [2.75, 3.05) is 23.3 Å². The van der Waals surface area contributed by atoms with E-state index < -0.39 is 11.7 Å². The number of hydrogen-bond acceptors (Lipinski definition) is 9. The fraction of sp³-hybridized carbons (Fsp3) is 0.333. The van der Waals surface area contributed by atoms with Crippen molar-refractivity contribution < 1.29 is 13.2 Å². The molecule has 1 N–H and O–H groups in total. The van der Waals surface area contributed by atoms with Crippen LogP contribution in [0.4, 0.5) is 24.9 Å². The number of halogens is 3. The molecule has 0 aliphatic carbocycles. The highest BCUT2D eigenvalue weighted by Gasteiger charge is 2.33. The molecule has 0 amide bonds. The number of anilines is 2. The molecule has 1 fully saturated rings. The molecule has 0 radical (unpaired) electrons. The molecule has 4 aromatic rings. The summed E-state index contributed by atoms with van der Waals surface area (Å²) in [7, 11) is 0. The summed E-state index contributed by atoms with van der Waals surface area (Å²) in [5.41, 5.74) is 1.89. The molecule has 4 aromatic heterocycles. The quantitative estimate of drug-likeness (QED) is 0.527. The zero-order chi connectivity index (χ0) is 21.0. The summed E-state index contributed by atoms with van der Waals surface area (Å²) in [5.74, 6) is 0.982. The van der Waals surface area contributed by atoms with E-state index in [9.17, 15) is 13.2 Å². The first-order valence-electron chi connectivity index (χ1n) is 9.09. The summed E-state index contributed by atoms with van der Waals surface area (Å²) in [6.45, 7) is 5.03. The van der Waals surface area contributed by atoms with Crippen molar-refractivity contribution in [1.29, 1.82) is 0 Å². The minimum absolute atomic E-state index is 0.0631. The Kier molecular flexibility index (Phi) is 4.20. The van der Waals surface area contributed by atoms with Gasteiger partial charge in [0.15, 0.2) is 0 Å². The first kappa shape index (κ1) is 18.9. The van der Waals surface area contributed by atoms with E-state index in [0.29, 0.717) is 18.9 Å². The predicted octanol–water partition coefficient (Wildman–Crippen LogP) is 3.36. The predicted molar refractivity (Wildman–Crippen MR) is 107 cm³/mol. The number of nitrogens with zero attached hydrogens (tertiary/aromatic N) is 7. The average Bonchev–Trinajstić information content (AvgIpc) is 3.07. The van der Waals surface area contributed by atoms with Crippen LogP contribution in [0.1, 0.15) is 16.8 Å². The van der Waals surface area contributed by atoms with Gasteiger partial charge in [0.05, 0.1) is 27.5 Å². The Morgan fingerprint density at radius 3 is 2.50 bits per heavy atom. The number of thiophene rings is 1. The van der Waals surface area contributed by atoms with Gasteiger partial charge in [-0.15, -0.1) is 16.4 Å². The smallest absolute Gasteiger partial charge is 0.362 e. The van der Waals surface area contributed by atoms with Gasteiger partial charge in [0, 0.05) is 30.9 Å². The fourth-order valence-corrected chi connectivity index (χ4v) is 4.43. The van der Waals surface area contributed by atoms with E-state index in [-0.39, 0.29) is 12.0 Å². The molecule has 5 heterocycles. The zero-order valence-corrected chi connectivity index (χ0v) is 16.7. The van der Waals surface area contributed by atoms with Crippen LogP contribution in [0.2, 0.25) is 0 Å². The second kappa shape index (κ2) is 6.69. The van der Waals surface area contributed by atoms with E-state index in [1.807, 2.05) is 13.8 Å². The lowest BCUT2D eigenvalue weighted by atomic mass is 10.1. The van der Waals surface area contributed by atoms with Gasteiger partial charge < -0.3 is 10.2 Å². The topological polar surface area (TPSA) is 92.6 Å². The molecule has 30 heavy (non-hydrogen) atoms. The largest absolute Gasteiger partial charge is 0.419 e. The van der Waals surface area contributed by atoms with Crippen LogP contribution in [0.5, 0.6) is 0 Å². The third-order valence-electron chi connectivity index (χ3n) is 5.13. The second-order valence-electron chi connectivity index (χ2n) is 7.11. The fourth-order valence-electron chi connectivity index (χ4n) is 3.34. The van der Waals surface area contributed by atoms with E-state index in [4.69, 9.17) is 0 Å². The van der Waals surface area contributed by atoms with Crippen molar-refractivity contribution in [2.24, 2.45) is 0 Å². The van der Waals surface area contributed by atoms with E-state index in [0.717, 1.165) is 44.1 Å². The van der Waals surface area contributed by atoms with Gasteiger partial charge in [0.2, 0.25) is 5.95 Å². The van der Waals surface area contributed by atoms with Crippen molar-refractivity contribution >= 4 is 43.5 Å². The van der Waals surface area contributed by atoms with E-state index in [1.165, 1.54) is 17.7 Å². The highest BCUT2D eigenvalue weighted by atomic mass is 32.1. The van der Waals surface area contributed by atoms with E-state index >= 15 is 0 Å². The molecular weight excluding hydrogens is 417 g/mol. The number of fused-ring (bicyclic) bond motifs is 3. The van der Waals surface area contributed by atoms with E-state index in [1.54, 1.807) is 4.90 Å². The second-order valence-corrected chi connectivity index (χ2v) is 8.11. The van der Waals surface area contributed by atoms with Crippen molar-refractivity contribution in [3.8, 4) is 0 Å². The molecule has 0 spiro atoms. The molecule has 0 atom stereocenters. The summed E-state index contributed by atoms with van der Waals surface area (Å²) in [6, 6.07) is 0.0631. The normalized spacial score (nSPS) is 15.0. The molecule has 5 rings (SSSR count). The summed E-state index contributed by atoms with van der Waals surface area (Å²) in [5, 5.41) is 12.8. The summed E-state index contributed by atoms with van der Waals surface area (Å²) >= 11 is 1.48. The highest BCUT2D eigenvalue weighted by Crippen LogP contribution is 2.37. The number of aromatic nitrogens is 6. The Labute approximate surface area is 172 Å². The molecule has 12 heteroatoms. The maximum absolute atomic E-state index is 12.6. The van der Waals surface area contributed by atoms with Crippen LogP contribution < -0.4 is 10.2 Å². The number of alkyl halides is 3. The van der Waals surface area contributed by atoms with Gasteiger partial charge in [0.1, 0.15) is 17.0 Å². The Bertz CT molecular complexity index is 1250. The maximum atomic E-state index is 12.6. The van der Waals surface area contributed by atoms with Crippen LogP contribution in [-0.4, -0.2) is 49.3 Å². The van der Waals surface area contributed by atoms with Crippen molar-refractivity contribution in [2.45, 2.75) is 26.1 Å². The van der Waals surface area contributed by atoms with Gasteiger partial charge in [-0.2, -0.15) is 18.3 Å². The average molecular weight is 432 g/mol. The first-order chi connectivity index (χ1) is 14.3. The lowest BCUT2D eigenvalue weighted by Gasteiger charge is -2.39. The minimum atomic E-state index is -4.44.